The Kier molecular flexibility index (Phi) is 52.1. The first-order valence-electron chi connectivity index (χ1n) is 29.4. The van der Waals surface area contributed by atoms with Crippen molar-refractivity contribution in [1.82, 2.24) is 0 Å². The lowest BCUT2D eigenvalue weighted by molar-refractivity contribution is -0.167. The fourth-order valence-electron chi connectivity index (χ4n) is 9.10. The van der Waals surface area contributed by atoms with Gasteiger partial charge in [0.05, 0.1) is 0 Å². The predicted molar refractivity (Wildman–Crippen MR) is 280 cm³/mol. The minimum atomic E-state index is -0.761. The third-order valence-corrected chi connectivity index (χ3v) is 13.5. The van der Waals surface area contributed by atoms with Crippen molar-refractivity contribution >= 4 is 17.9 Å². The molecule has 0 bridgehead atoms. The van der Waals surface area contributed by atoms with E-state index in [0.717, 1.165) is 63.7 Å². The average molecular weight is 920 g/mol. The maximum Gasteiger partial charge on any atom is 0.306 e. The Bertz CT molecular complexity index is 980. The van der Waals surface area contributed by atoms with Gasteiger partial charge in [0.25, 0.3) is 0 Å². The highest BCUT2D eigenvalue weighted by atomic mass is 16.6. The van der Waals surface area contributed by atoms with Gasteiger partial charge in [0, 0.05) is 19.3 Å². The molecule has 386 valence electrons. The molecule has 0 heterocycles. The van der Waals surface area contributed by atoms with Gasteiger partial charge in [-0.25, -0.2) is 0 Å². The number of ether oxygens (including phenoxy) is 3. The molecule has 0 aliphatic rings. The van der Waals surface area contributed by atoms with Crippen LogP contribution in [-0.4, -0.2) is 37.2 Å². The predicted octanol–water partition coefficient (Wildman–Crippen LogP) is 19.4. The van der Waals surface area contributed by atoms with E-state index in [9.17, 15) is 14.4 Å². The van der Waals surface area contributed by atoms with Crippen molar-refractivity contribution in [3.8, 4) is 0 Å². The van der Waals surface area contributed by atoms with E-state index >= 15 is 0 Å². The van der Waals surface area contributed by atoms with Crippen LogP contribution in [0.25, 0.3) is 0 Å². The highest BCUT2D eigenvalue weighted by molar-refractivity contribution is 5.71. The molecular weight excluding hydrogens is 805 g/mol. The summed E-state index contributed by atoms with van der Waals surface area (Å²) in [5, 5.41) is 0. The molecule has 0 saturated heterocycles. The molecule has 0 unspecified atom stereocenters. The highest BCUT2D eigenvalue weighted by Gasteiger charge is 2.19. The van der Waals surface area contributed by atoms with Gasteiger partial charge in [-0.05, 0) is 25.2 Å². The van der Waals surface area contributed by atoms with E-state index in [1.807, 2.05) is 0 Å². The fraction of sp³-hybridized carbons (Fsp3) is 0.949. The second kappa shape index (κ2) is 53.4. The summed E-state index contributed by atoms with van der Waals surface area (Å²) in [6.45, 7) is 9.07. The molecule has 0 radical (unpaired) electrons. The zero-order valence-corrected chi connectivity index (χ0v) is 44.5. The first kappa shape index (κ1) is 63.4. The zero-order valence-electron chi connectivity index (χ0n) is 44.5. The van der Waals surface area contributed by atoms with Gasteiger partial charge in [0.1, 0.15) is 13.2 Å². The number of unbranched alkanes of at least 4 members (excludes halogenated alkanes) is 41. The van der Waals surface area contributed by atoms with E-state index in [4.69, 9.17) is 14.2 Å². The summed E-state index contributed by atoms with van der Waals surface area (Å²) in [5.41, 5.74) is 0. The number of carbonyl (C=O) groups excluding carboxylic acids is 3. The minimum Gasteiger partial charge on any atom is -0.462 e. The van der Waals surface area contributed by atoms with Crippen LogP contribution in [0, 0.1) is 5.92 Å². The number of hydrogen-bond donors (Lipinski definition) is 0. The Morgan fingerprint density at radius 1 is 0.292 bits per heavy atom. The maximum absolute atomic E-state index is 12.9. The summed E-state index contributed by atoms with van der Waals surface area (Å²) < 4.78 is 16.9. The largest absolute Gasteiger partial charge is 0.462 e. The quantitative estimate of drug-likeness (QED) is 0.0344. The van der Waals surface area contributed by atoms with Gasteiger partial charge in [0.15, 0.2) is 6.10 Å². The molecule has 0 aromatic rings. The molecule has 0 saturated carbocycles. The molecule has 0 N–H and O–H groups in total. The standard InChI is InChI=1S/C59H114O6/c1-5-7-9-11-13-15-17-19-22-27-31-35-39-43-47-51-58(61)64-54-56(53-63-57(60)50-46-42-38-34-30-25-18-16-14-12-10-8-6-2)65-59(62)52-48-44-40-36-32-28-24-21-20-23-26-29-33-37-41-45-49-55(3)4/h55-56H,5-54H2,1-4H3/t56-/m0/s1. The lowest BCUT2D eigenvalue weighted by Gasteiger charge is -2.18. The summed E-state index contributed by atoms with van der Waals surface area (Å²) in [7, 11) is 0. The van der Waals surface area contributed by atoms with E-state index in [0.29, 0.717) is 19.3 Å². The van der Waals surface area contributed by atoms with Crippen LogP contribution in [0.1, 0.15) is 336 Å². The molecule has 0 aromatic carbocycles. The van der Waals surface area contributed by atoms with E-state index in [2.05, 4.69) is 27.7 Å². The van der Waals surface area contributed by atoms with Gasteiger partial charge in [0.2, 0.25) is 0 Å². The molecular formula is C59H114O6. The Morgan fingerprint density at radius 3 is 0.754 bits per heavy atom. The van der Waals surface area contributed by atoms with Gasteiger partial charge in [-0.1, -0.05) is 297 Å². The molecule has 0 aliphatic heterocycles. The molecule has 65 heavy (non-hydrogen) atoms. The fourth-order valence-corrected chi connectivity index (χ4v) is 9.10. The Morgan fingerprint density at radius 2 is 0.508 bits per heavy atom. The van der Waals surface area contributed by atoms with Crippen molar-refractivity contribution in [3.05, 3.63) is 0 Å². The Balaban J connectivity index is 4.28. The van der Waals surface area contributed by atoms with Crippen molar-refractivity contribution in [1.29, 1.82) is 0 Å². The van der Waals surface area contributed by atoms with Crippen molar-refractivity contribution in [2.24, 2.45) is 5.92 Å². The third-order valence-electron chi connectivity index (χ3n) is 13.5. The topological polar surface area (TPSA) is 78.9 Å². The summed E-state index contributed by atoms with van der Waals surface area (Å²) in [6, 6.07) is 0. The maximum atomic E-state index is 12.9. The van der Waals surface area contributed by atoms with Crippen LogP contribution < -0.4 is 0 Å². The van der Waals surface area contributed by atoms with Crippen LogP contribution in [0.2, 0.25) is 0 Å². The smallest absolute Gasteiger partial charge is 0.306 e. The molecule has 0 rings (SSSR count). The summed E-state index contributed by atoms with van der Waals surface area (Å²) >= 11 is 0. The Hall–Kier alpha value is -1.59. The second-order valence-electron chi connectivity index (χ2n) is 20.8. The van der Waals surface area contributed by atoms with E-state index in [1.165, 1.54) is 231 Å². The van der Waals surface area contributed by atoms with Crippen LogP contribution in [0.4, 0.5) is 0 Å². The van der Waals surface area contributed by atoms with Crippen LogP contribution in [0.3, 0.4) is 0 Å². The van der Waals surface area contributed by atoms with Crippen LogP contribution >= 0.6 is 0 Å². The SMILES string of the molecule is CCCCCCCCCCCCCCCCCC(=O)OC[C@H](COC(=O)CCCCCCCCCCCCCCC)OC(=O)CCCCCCCCCCCCCCCCCCC(C)C. The zero-order chi connectivity index (χ0) is 47.4. The molecule has 6 heteroatoms. The molecule has 0 aliphatic carbocycles. The van der Waals surface area contributed by atoms with Crippen molar-refractivity contribution in [2.75, 3.05) is 13.2 Å². The van der Waals surface area contributed by atoms with Gasteiger partial charge in [-0.2, -0.15) is 0 Å². The minimum absolute atomic E-state index is 0.0616. The van der Waals surface area contributed by atoms with Crippen LogP contribution in [0.5, 0.6) is 0 Å². The molecule has 0 spiro atoms. The molecule has 0 fully saturated rings. The lowest BCUT2D eigenvalue weighted by Crippen LogP contribution is -2.30. The van der Waals surface area contributed by atoms with Gasteiger partial charge >= 0.3 is 17.9 Å². The molecule has 6 nitrogen and oxygen atoms in total. The number of esters is 3. The van der Waals surface area contributed by atoms with Crippen LogP contribution in [0.15, 0.2) is 0 Å². The summed E-state index contributed by atoms with van der Waals surface area (Å²) in [5.74, 6) is 0.0184. The second-order valence-corrected chi connectivity index (χ2v) is 20.8. The molecule has 0 aromatic heterocycles. The normalized spacial score (nSPS) is 12.0. The first-order valence-corrected chi connectivity index (χ1v) is 29.4. The van der Waals surface area contributed by atoms with Crippen molar-refractivity contribution < 1.29 is 28.6 Å². The van der Waals surface area contributed by atoms with Crippen molar-refractivity contribution in [3.63, 3.8) is 0 Å². The highest BCUT2D eigenvalue weighted by Crippen LogP contribution is 2.18. The molecule has 1 atom stereocenters. The van der Waals surface area contributed by atoms with Gasteiger partial charge in [-0.15, -0.1) is 0 Å². The van der Waals surface area contributed by atoms with E-state index in [-0.39, 0.29) is 31.1 Å². The van der Waals surface area contributed by atoms with Crippen LogP contribution in [-0.2, 0) is 28.6 Å². The summed E-state index contributed by atoms with van der Waals surface area (Å²) in [6.07, 6.45) is 58.0. The number of hydrogen-bond acceptors (Lipinski definition) is 6. The molecule has 0 amide bonds. The number of rotatable bonds is 54. The first-order chi connectivity index (χ1) is 31.9. The summed E-state index contributed by atoms with van der Waals surface area (Å²) in [4.78, 5) is 38.1. The van der Waals surface area contributed by atoms with Gasteiger partial charge in [-0.3, -0.25) is 14.4 Å². The van der Waals surface area contributed by atoms with E-state index in [1.54, 1.807) is 0 Å². The third kappa shape index (κ3) is 53.2. The van der Waals surface area contributed by atoms with Crippen molar-refractivity contribution in [2.45, 2.75) is 342 Å². The Labute approximate surface area is 406 Å². The monoisotopic (exact) mass is 919 g/mol. The number of carbonyl (C=O) groups is 3. The van der Waals surface area contributed by atoms with E-state index < -0.39 is 6.10 Å². The average Bonchev–Trinajstić information content (AvgIpc) is 3.29. The lowest BCUT2D eigenvalue weighted by atomic mass is 10.0. The van der Waals surface area contributed by atoms with Gasteiger partial charge < -0.3 is 14.2 Å².